The molecule has 1 N–H and O–H groups in total. The van der Waals surface area contributed by atoms with Crippen molar-refractivity contribution < 1.29 is 19.1 Å². The zero-order valence-electron chi connectivity index (χ0n) is 21.2. The molecule has 2 rings (SSSR count). The van der Waals surface area contributed by atoms with Crippen molar-refractivity contribution in [2.24, 2.45) is 0 Å². The number of halogens is 2. The van der Waals surface area contributed by atoms with E-state index in [4.69, 9.17) is 32.7 Å². The van der Waals surface area contributed by atoms with Crippen LogP contribution in [0, 0.1) is 0 Å². The summed E-state index contributed by atoms with van der Waals surface area (Å²) in [5, 5.41) is 3.88. The molecule has 0 aliphatic heterocycles. The molecule has 0 fully saturated rings. The Morgan fingerprint density at radius 3 is 2.20 bits per heavy atom. The molecule has 35 heavy (non-hydrogen) atoms. The molecule has 2 atom stereocenters. The summed E-state index contributed by atoms with van der Waals surface area (Å²) in [4.78, 5) is 27.9. The van der Waals surface area contributed by atoms with Gasteiger partial charge in [-0.25, -0.2) is 0 Å². The maximum Gasteiger partial charge on any atom is 0.242 e. The van der Waals surface area contributed by atoms with Gasteiger partial charge in [-0.2, -0.15) is 0 Å². The van der Waals surface area contributed by atoms with Crippen LogP contribution in [0.1, 0.15) is 58.6 Å². The van der Waals surface area contributed by atoms with Crippen molar-refractivity contribution in [3.05, 3.63) is 57.6 Å². The molecular weight excluding hydrogens is 487 g/mol. The highest BCUT2D eigenvalue weighted by atomic mass is 35.5. The molecule has 0 aliphatic rings. The Labute approximate surface area is 218 Å². The van der Waals surface area contributed by atoms with E-state index in [1.807, 2.05) is 45.9 Å². The molecule has 0 aromatic heterocycles. The van der Waals surface area contributed by atoms with Crippen LogP contribution in [0.2, 0.25) is 10.0 Å². The first-order valence-corrected chi connectivity index (χ1v) is 12.9. The van der Waals surface area contributed by atoms with E-state index in [-0.39, 0.29) is 30.8 Å². The molecule has 8 heteroatoms. The number of nitrogens with zero attached hydrogens (tertiary/aromatic N) is 1. The summed E-state index contributed by atoms with van der Waals surface area (Å²) in [6, 6.07) is 10.2. The lowest BCUT2D eigenvalue weighted by molar-refractivity contribution is -0.140. The number of nitrogens with one attached hydrogen (secondary N) is 1. The normalized spacial score (nSPS) is 12.5. The third-order valence-corrected chi connectivity index (χ3v) is 6.50. The summed E-state index contributed by atoms with van der Waals surface area (Å²) in [7, 11) is 0. The van der Waals surface area contributed by atoms with Crippen LogP contribution in [-0.2, 0) is 22.6 Å². The smallest absolute Gasteiger partial charge is 0.242 e. The lowest BCUT2D eigenvalue weighted by atomic mass is 10.1. The summed E-state index contributed by atoms with van der Waals surface area (Å²) >= 11 is 12.8. The number of amides is 2. The van der Waals surface area contributed by atoms with Gasteiger partial charge in [0.15, 0.2) is 11.5 Å². The highest BCUT2D eigenvalue weighted by Gasteiger charge is 2.28. The van der Waals surface area contributed by atoms with Crippen molar-refractivity contribution in [3.63, 3.8) is 0 Å². The first-order valence-electron chi connectivity index (χ1n) is 12.1. The molecule has 2 aromatic carbocycles. The van der Waals surface area contributed by atoms with Crippen molar-refractivity contribution in [2.75, 3.05) is 13.2 Å². The second-order valence-corrected chi connectivity index (χ2v) is 9.18. The van der Waals surface area contributed by atoms with Crippen LogP contribution in [0.25, 0.3) is 0 Å². The van der Waals surface area contributed by atoms with Crippen LogP contribution in [0.3, 0.4) is 0 Å². The standard InChI is InChI=1S/C27H36Cl2N2O4/c1-6-18(4)30-27(33)19(5)31(17-21-22(28)10-9-11-23(21)29)26(32)15-13-20-12-14-24(34-7-2)25(16-20)35-8-3/h9-12,14,16,18-19H,6-8,13,15,17H2,1-5H3,(H,30,33)/t18-,19-/m1/s1. The molecule has 0 unspecified atom stereocenters. The highest BCUT2D eigenvalue weighted by Crippen LogP contribution is 2.30. The topological polar surface area (TPSA) is 67.9 Å². The molecule has 0 saturated carbocycles. The van der Waals surface area contributed by atoms with Crippen molar-refractivity contribution in [2.45, 2.75) is 72.5 Å². The summed E-state index contributed by atoms with van der Waals surface area (Å²) in [6.07, 6.45) is 1.49. The van der Waals surface area contributed by atoms with Crippen LogP contribution in [-0.4, -0.2) is 42.0 Å². The fourth-order valence-electron chi connectivity index (χ4n) is 3.55. The number of rotatable bonds is 13. The number of benzene rings is 2. The van der Waals surface area contributed by atoms with Crippen LogP contribution in [0.15, 0.2) is 36.4 Å². The maximum absolute atomic E-state index is 13.4. The maximum atomic E-state index is 13.4. The first-order chi connectivity index (χ1) is 16.7. The molecule has 2 amide bonds. The SMILES string of the molecule is CCOc1ccc(CCC(=O)N(Cc2c(Cl)cccc2Cl)[C@H](C)C(=O)N[C@H](C)CC)cc1OCC. The van der Waals surface area contributed by atoms with E-state index in [2.05, 4.69) is 5.32 Å². The summed E-state index contributed by atoms with van der Waals surface area (Å²) in [5.41, 5.74) is 1.56. The third-order valence-electron chi connectivity index (χ3n) is 5.79. The van der Waals surface area contributed by atoms with Crippen LogP contribution in [0.5, 0.6) is 11.5 Å². The number of hydrogen-bond acceptors (Lipinski definition) is 4. The van der Waals surface area contributed by atoms with Gasteiger partial charge in [0.05, 0.1) is 13.2 Å². The molecule has 0 aliphatic carbocycles. The molecule has 0 bridgehead atoms. The fraction of sp³-hybridized carbons (Fsp3) is 0.481. The number of ether oxygens (including phenoxy) is 2. The monoisotopic (exact) mass is 522 g/mol. The molecule has 0 spiro atoms. The Hall–Kier alpha value is -2.44. The summed E-state index contributed by atoms with van der Waals surface area (Å²) < 4.78 is 11.3. The molecule has 0 radical (unpaired) electrons. The highest BCUT2D eigenvalue weighted by molar-refractivity contribution is 6.36. The lowest BCUT2D eigenvalue weighted by Crippen LogP contribution is -2.49. The van der Waals surface area contributed by atoms with Crippen molar-refractivity contribution in [1.82, 2.24) is 10.2 Å². The van der Waals surface area contributed by atoms with Crippen LogP contribution >= 0.6 is 23.2 Å². The number of hydrogen-bond donors (Lipinski definition) is 1. The Kier molecular flexibility index (Phi) is 11.7. The average molecular weight is 524 g/mol. The van der Waals surface area contributed by atoms with Crippen LogP contribution in [0.4, 0.5) is 0 Å². The largest absolute Gasteiger partial charge is 0.490 e. The molecule has 6 nitrogen and oxygen atoms in total. The fourth-order valence-corrected chi connectivity index (χ4v) is 4.06. The minimum absolute atomic E-state index is 0.00615. The predicted molar refractivity (Wildman–Crippen MR) is 141 cm³/mol. The first kappa shape index (κ1) is 28.8. The van der Waals surface area contributed by atoms with Gasteiger partial charge in [0.2, 0.25) is 11.8 Å². The van der Waals surface area contributed by atoms with Gasteiger partial charge in [-0.15, -0.1) is 0 Å². The molecule has 0 heterocycles. The number of carbonyl (C=O) groups is 2. The minimum Gasteiger partial charge on any atom is -0.490 e. The zero-order chi connectivity index (χ0) is 26.0. The zero-order valence-corrected chi connectivity index (χ0v) is 22.7. The van der Waals surface area contributed by atoms with E-state index in [9.17, 15) is 9.59 Å². The molecular formula is C27H36Cl2N2O4. The number of aryl methyl sites for hydroxylation is 1. The van der Waals surface area contributed by atoms with Gasteiger partial charge in [-0.05, 0) is 70.4 Å². The van der Waals surface area contributed by atoms with Crippen LogP contribution < -0.4 is 14.8 Å². The van der Waals surface area contributed by atoms with E-state index >= 15 is 0 Å². The molecule has 0 saturated heterocycles. The quantitative estimate of drug-likeness (QED) is 0.347. The Morgan fingerprint density at radius 1 is 0.971 bits per heavy atom. The average Bonchev–Trinajstić information content (AvgIpc) is 2.83. The van der Waals surface area contributed by atoms with Crippen molar-refractivity contribution in [3.8, 4) is 11.5 Å². The van der Waals surface area contributed by atoms with Gasteiger partial charge in [0, 0.05) is 34.6 Å². The van der Waals surface area contributed by atoms with Gasteiger partial charge < -0.3 is 19.7 Å². The van der Waals surface area contributed by atoms with E-state index in [0.717, 1.165) is 12.0 Å². The van der Waals surface area contributed by atoms with Gasteiger partial charge in [-0.3, -0.25) is 9.59 Å². The predicted octanol–water partition coefficient (Wildman–Crippen LogP) is 6.06. The molecule has 192 valence electrons. The van der Waals surface area contributed by atoms with Crippen molar-refractivity contribution in [1.29, 1.82) is 0 Å². The van der Waals surface area contributed by atoms with Gasteiger partial charge >= 0.3 is 0 Å². The molecule has 2 aromatic rings. The van der Waals surface area contributed by atoms with Gasteiger partial charge in [0.25, 0.3) is 0 Å². The van der Waals surface area contributed by atoms with E-state index in [1.165, 1.54) is 0 Å². The third kappa shape index (κ3) is 8.32. The Balaban J connectivity index is 2.24. The van der Waals surface area contributed by atoms with Gasteiger partial charge in [0.1, 0.15) is 6.04 Å². The Morgan fingerprint density at radius 2 is 1.60 bits per heavy atom. The van der Waals surface area contributed by atoms with E-state index in [0.29, 0.717) is 46.7 Å². The van der Waals surface area contributed by atoms with Gasteiger partial charge in [-0.1, -0.05) is 42.3 Å². The van der Waals surface area contributed by atoms with Crippen molar-refractivity contribution >= 4 is 35.0 Å². The lowest BCUT2D eigenvalue weighted by Gasteiger charge is -2.30. The Bertz CT molecular complexity index is 979. The van der Waals surface area contributed by atoms with E-state index < -0.39 is 6.04 Å². The summed E-state index contributed by atoms with van der Waals surface area (Å²) in [6.45, 7) is 10.7. The number of carbonyl (C=O) groups excluding carboxylic acids is 2. The van der Waals surface area contributed by atoms with E-state index in [1.54, 1.807) is 30.0 Å². The summed E-state index contributed by atoms with van der Waals surface area (Å²) in [5.74, 6) is 0.949. The second kappa shape index (κ2) is 14.2. The minimum atomic E-state index is -0.692. The second-order valence-electron chi connectivity index (χ2n) is 8.36.